The highest BCUT2D eigenvalue weighted by molar-refractivity contribution is 7.88. The molecule has 1 aliphatic heterocycles. The first-order valence-corrected chi connectivity index (χ1v) is 3.48. The summed E-state index contributed by atoms with van der Waals surface area (Å²) in [5.74, 6) is -0.977. The monoisotopic (exact) mass is 151 g/mol. The molecule has 0 aromatic heterocycles. The number of carbonyl (C=O) groups excluding carboxylic acids is 1. The second-order valence-electron chi connectivity index (χ2n) is 1.45. The molecule has 9 heavy (non-hydrogen) atoms. The van der Waals surface area contributed by atoms with Crippen molar-refractivity contribution < 1.29 is 13.2 Å². The number of carbonyl (C=O) groups is 1. The summed E-state index contributed by atoms with van der Waals surface area (Å²) < 4.78 is 21.7. The molecule has 1 saturated heterocycles. The standard InChI is InChI=1S/C2H3N2O4S/c5-2-1-3-9(7,8)4(2)6/h3H,1H2/q-1. The summed E-state index contributed by atoms with van der Waals surface area (Å²) in [6.07, 6.45) is 0. The fraction of sp³-hybridized carbons (Fsp3) is 0.500. The number of nitrogens with one attached hydrogen (secondary N) is 1. The maximum atomic E-state index is 10.3. The van der Waals surface area contributed by atoms with Gasteiger partial charge in [-0.2, -0.15) is 13.1 Å². The lowest BCUT2D eigenvalue weighted by Crippen LogP contribution is -2.25. The van der Waals surface area contributed by atoms with Crippen molar-refractivity contribution in [3.05, 3.63) is 5.21 Å². The van der Waals surface area contributed by atoms with Crippen molar-refractivity contribution in [2.45, 2.75) is 0 Å². The molecule has 1 amide bonds. The Balaban J connectivity index is 3.00. The van der Waals surface area contributed by atoms with Gasteiger partial charge in [-0.1, -0.05) is 0 Å². The van der Waals surface area contributed by atoms with Gasteiger partial charge in [0.15, 0.2) is 0 Å². The molecule has 1 heterocycles. The number of amides is 1. The van der Waals surface area contributed by atoms with Crippen LogP contribution < -0.4 is 4.72 Å². The topological polar surface area (TPSA) is 89.5 Å². The zero-order chi connectivity index (χ0) is 7.07. The Hall–Kier alpha value is -0.660. The molecule has 0 aliphatic carbocycles. The fourth-order valence-electron chi connectivity index (χ4n) is 0.410. The Labute approximate surface area is 51.2 Å². The van der Waals surface area contributed by atoms with Crippen LogP contribution in [0.5, 0.6) is 0 Å². The number of hydroxylamine groups is 1. The molecule has 0 spiro atoms. The van der Waals surface area contributed by atoms with Crippen molar-refractivity contribution >= 4 is 16.1 Å². The van der Waals surface area contributed by atoms with Gasteiger partial charge in [-0.05, 0) is 0 Å². The molecular weight excluding hydrogens is 148 g/mol. The molecule has 52 valence electrons. The molecular formula is C2H3N2O4S-. The largest absolute Gasteiger partial charge is 0.741 e. The Morgan fingerprint density at radius 1 is 1.67 bits per heavy atom. The molecule has 1 N–H and O–H groups in total. The first-order chi connectivity index (χ1) is 4.04. The van der Waals surface area contributed by atoms with E-state index in [-0.39, 0.29) is 0 Å². The van der Waals surface area contributed by atoms with Crippen molar-refractivity contribution in [3.63, 3.8) is 0 Å². The van der Waals surface area contributed by atoms with E-state index in [0.29, 0.717) is 0 Å². The van der Waals surface area contributed by atoms with E-state index >= 15 is 0 Å². The van der Waals surface area contributed by atoms with Crippen LogP contribution in [-0.2, 0) is 15.0 Å². The van der Waals surface area contributed by atoms with E-state index in [4.69, 9.17) is 0 Å². The van der Waals surface area contributed by atoms with Crippen LogP contribution in [0.25, 0.3) is 0 Å². The number of nitrogens with zero attached hydrogens (tertiary/aromatic N) is 1. The Bertz CT molecular complexity index is 231. The van der Waals surface area contributed by atoms with Gasteiger partial charge in [-0.3, -0.25) is 9.26 Å². The minimum Gasteiger partial charge on any atom is -0.741 e. The zero-order valence-electron chi connectivity index (χ0n) is 4.20. The maximum Gasteiger partial charge on any atom is 0.294 e. The van der Waals surface area contributed by atoms with Crippen LogP contribution in [0.15, 0.2) is 0 Å². The molecule has 0 aromatic rings. The van der Waals surface area contributed by atoms with Crippen LogP contribution in [0.4, 0.5) is 0 Å². The molecule has 7 heteroatoms. The van der Waals surface area contributed by atoms with E-state index in [2.05, 4.69) is 0 Å². The maximum absolute atomic E-state index is 10.3. The van der Waals surface area contributed by atoms with Crippen LogP contribution in [0.2, 0.25) is 0 Å². The van der Waals surface area contributed by atoms with Crippen LogP contribution in [-0.4, -0.2) is 25.3 Å². The van der Waals surface area contributed by atoms with Crippen molar-refractivity contribution in [3.8, 4) is 0 Å². The molecule has 1 rings (SSSR count). The molecule has 1 fully saturated rings. The predicted octanol–water partition coefficient (Wildman–Crippen LogP) is -1.84. The Morgan fingerprint density at radius 2 is 2.22 bits per heavy atom. The van der Waals surface area contributed by atoms with Gasteiger partial charge in [-0.15, -0.1) is 0 Å². The summed E-state index contributed by atoms with van der Waals surface area (Å²) in [7, 11) is -4.00. The summed E-state index contributed by atoms with van der Waals surface area (Å²) in [6.45, 7) is -0.425. The van der Waals surface area contributed by atoms with Gasteiger partial charge >= 0.3 is 0 Å². The highest BCUT2D eigenvalue weighted by Gasteiger charge is 2.26. The van der Waals surface area contributed by atoms with Gasteiger partial charge in [0.05, 0.1) is 6.54 Å². The zero-order valence-corrected chi connectivity index (χ0v) is 5.01. The van der Waals surface area contributed by atoms with E-state index in [1.165, 1.54) is 0 Å². The van der Waals surface area contributed by atoms with Gasteiger partial charge in [-0.25, -0.2) is 0 Å². The highest BCUT2D eigenvalue weighted by Crippen LogP contribution is 2.01. The third-order valence-electron chi connectivity index (χ3n) is 0.828. The number of hydrogen-bond donors (Lipinski definition) is 1. The summed E-state index contributed by atoms with van der Waals surface area (Å²) >= 11 is 0. The SMILES string of the molecule is O=C1CNS(=O)(=O)N1[O-]. The first kappa shape index (κ1) is 6.46. The molecule has 0 bridgehead atoms. The quantitative estimate of drug-likeness (QED) is 0.440. The van der Waals surface area contributed by atoms with Crippen molar-refractivity contribution in [2.75, 3.05) is 6.54 Å². The normalized spacial score (nSPS) is 25.0. The highest BCUT2D eigenvalue weighted by atomic mass is 32.2. The number of rotatable bonds is 0. The number of hydrogen-bond acceptors (Lipinski definition) is 4. The Morgan fingerprint density at radius 3 is 2.33 bits per heavy atom. The molecule has 0 aromatic carbocycles. The van der Waals surface area contributed by atoms with E-state index in [0.717, 1.165) is 0 Å². The van der Waals surface area contributed by atoms with Crippen molar-refractivity contribution in [1.29, 1.82) is 0 Å². The Kier molecular flexibility index (Phi) is 1.19. The van der Waals surface area contributed by atoms with Gasteiger partial charge in [0.25, 0.3) is 10.2 Å². The molecule has 0 saturated carbocycles. The average molecular weight is 151 g/mol. The molecule has 0 radical (unpaired) electrons. The summed E-state index contributed by atoms with van der Waals surface area (Å²) in [6, 6.07) is 0. The van der Waals surface area contributed by atoms with E-state index < -0.39 is 27.1 Å². The lowest BCUT2D eigenvalue weighted by molar-refractivity contribution is -0.122. The van der Waals surface area contributed by atoms with Crippen molar-refractivity contribution in [2.24, 2.45) is 0 Å². The van der Waals surface area contributed by atoms with Crippen LogP contribution >= 0.6 is 0 Å². The van der Waals surface area contributed by atoms with Gasteiger partial charge in [0.2, 0.25) is 5.91 Å². The van der Waals surface area contributed by atoms with Gasteiger partial charge < -0.3 is 5.21 Å². The minimum atomic E-state index is -4.00. The summed E-state index contributed by atoms with van der Waals surface area (Å²) in [5, 5.41) is 10.1. The summed E-state index contributed by atoms with van der Waals surface area (Å²) in [5.41, 5.74) is 0. The molecule has 0 unspecified atom stereocenters. The second-order valence-corrected chi connectivity index (χ2v) is 3.02. The first-order valence-electron chi connectivity index (χ1n) is 2.04. The lowest BCUT2D eigenvalue weighted by Gasteiger charge is -2.17. The van der Waals surface area contributed by atoms with Crippen LogP contribution in [0, 0.1) is 5.21 Å². The van der Waals surface area contributed by atoms with E-state index in [1.807, 2.05) is 0 Å². The third-order valence-corrected chi connectivity index (χ3v) is 1.98. The smallest absolute Gasteiger partial charge is 0.294 e. The minimum absolute atomic E-state index is 0.425. The lowest BCUT2D eigenvalue weighted by atomic mass is 10.7. The molecule has 0 atom stereocenters. The fourth-order valence-corrected chi connectivity index (χ4v) is 1.17. The van der Waals surface area contributed by atoms with E-state index in [9.17, 15) is 18.4 Å². The predicted molar refractivity (Wildman–Crippen MR) is 27.1 cm³/mol. The second kappa shape index (κ2) is 1.66. The van der Waals surface area contributed by atoms with E-state index in [1.54, 1.807) is 4.72 Å². The third kappa shape index (κ3) is 0.889. The van der Waals surface area contributed by atoms with Crippen LogP contribution in [0.3, 0.4) is 0 Å². The molecule has 6 nitrogen and oxygen atoms in total. The average Bonchev–Trinajstić information content (AvgIpc) is 1.97. The molecule has 1 aliphatic rings. The van der Waals surface area contributed by atoms with Gasteiger partial charge in [0, 0.05) is 0 Å². The van der Waals surface area contributed by atoms with Gasteiger partial charge in [0.1, 0.15) is 0 Å². The van der Waals surface area contributed by atoms with Crippen LogP contribution in [0.1, 0.15) is 0 Å². The van der Waals surface area contributed by atoms with Crippen molar-refractivity contribution in [1.82, 2.24) is 9.19 Å². The summed E-state index contributed by atoms with van der Waals surface area (Å²) in [4.78, 5) is 10.2.